The van der Waals surface area contributed by atoms with Crippen molar-refractivity contribution >= 4 is 0 Å². The third kappa shape index (κ3) is 1.98. The molecule has 3 aliphatic heterocycles. The van der Waals surface area contributed by atoms with Crippen molar-refractivity contribution < 1.29 is 0 Å². The standard InChI is InChI=1S/C18H31N2/c1-13(20-14-5-6-15(20)8-7-14)19-12-18(4)10-16(19)9-17(2,3)11-18/h14-16H,5-12H2,1-4H3. The van der Waals surface area contributed by atoms with Gasteiger partial charge >= 0.3 is 0 Å². The largest absolute Gasteiger partial charge is 0.279 e. The van der Waals surface area contributed by atoms with Crippen molar-refractivity contribution in [2.24, 2.45) is 10.8 Å². The second-order valence-electron chi connectivity index (χ2n) is 9.26. The Hall–Kier alpha value is -0.0800. The van der Waals surface area contributed by atoms with E-state index in [0.717, 1.165) is 18.1 Å². The molecule has 0 aromatic carbocycles. The fourth-order valence-electron chi connectivity index (χ4n) is 6.43. The molecule has 0 N–H and O–H groups in total. The van der Waals surface area contributed by atoms with E-state index in [-0.39, 0.29) is 0 Å². The van der Waals surface area contributed by atoms with Crippen molar-refractivity contribution in [3.05, 3.63) is 6.17 Å². The van der Waals surface area contributed by atoms with Gasteiger partial charge in [-0.15, -0.1) is 0 Å². The molecule has 20 heavy (non-hydrogen) atoms. The first-order valence-electron chi connectivity index (χ1n) is 8.76. The summed E-state index contributed by atoms with van der Waals surface area (Å²) in [5.41, 5.74) is 1.10. The zero-order valence-electron chi connectivity index (χ0n) is 13.8. The van der Waals surface area contributed by atoms with Crippen LogP contribution in [0.25, 0.3) is 0 Å². The first kappa shape index (κ1) is 13.6. The van der Waals surface area contributed by atoms with E-state index in [4.69, 9.17) is 0 Å². The molecule has 0 spiro atoms. The van der Waals surface area contributed by atoms with Crippen molar-refractivity contribution in [1.82, 2.24) is 9.80 Å². The Balaban J connectivity index is 1.55. The fourth-order valence-corrected chi connectivity index (χ4v) is 6.43. The molecule has 4 bridgehead atoms. The molecule has 1 saturated carbocycles. The average molecular weight is 275 g/mol. The summed E-state index contributed by atoms with van der Waals surface area (Å²) in [5, 5.41) is 0. The number of nitrogens with zero attached hydrogens (tertiary/aromatic N) is 2. The lowest BCUT2D eigenvalue weighted by Crippen LogP contribution is -2.45. The van der Waals surface area contributed by atoms with Crippen LogP contribution in [0.1, 0.15) is 72.6 Å². The SMILES string of the molecule is C[C](N1CC2(C)CC1CC(C)(C)C2)N1C2CCC1CC2. The Labute approximate surface area is 124 Å². The molecule has 4 fully saturated rings. The summed E-state index contributed by atoms with van der Waals surface area (Å²) in [6.07, 6.45) is 11.6. The predicted molar refractivity (Wildman–Crippen MR) is 83.0 cm³/mol. The van der Waals surface area contributed by atoms with Gasteiger partial charge in [0.2, 0.25) is 0 Å². The van der Waals surface area contributed by atoms with Gasteiger partial charge in [-0.25, -0.2) is 0 Å². The maximum Gasteiger partial charge on any atom is 0.104 e. The first-order valence-corrected chi connectivity index (χ1v) is 8.76. The van der Waals surface area contributed by atoms with Crippen LogP contribution < -0.4 is 0 Å². The zero-order valence-corrected chi connectivity index (χ0v) is 13.8. The summed E-state index contributed by atoms with van der Waals surface area (Å²) in [5.74, 6) is 0. The third-order valence-corrected chi connectivity index (χ3v) is 6.66. The van der Waals surface area contributed by atoms with Gasteiger partial charge in [0.25, 0.3) is 0 Å². The van der Waals surface area contributed by atoms with Gasteiger partial charge in [0.15, 0.2) is 0 Å². The molecule has 4 rings (SSSR count). The van der Waals surface area contributed by atoms with Crippen LogP contribution >= 0.6 is 0 Å². The van der Waals surface area contributed by atoms with Crippen LogP contribution in [0.3, 0.4) is 0 Å². The molecule has 2 unspecified atom stereocenters. The summed E-state index contributed by atoms with van der Waals surface area (Å²) >= 11 is 0. The molecule has 0 aromatic rings. The van der Waals surface area contributed by atoms with Crippen molar-refractivity contribution in [2.75, 3.05) is 6.54 Å². The minimum absolute atomic E-state index is 0.538. The van der Waals surface area contributed by atoms with E-state index in [1.54, 1.807) is 6.17 Å². The first-order chi connectivity index (χ1) is 9.37. The van der Waals surface area contributed by atoms with E-state index >= 15 is 0 Å². The smallest absolute Gasteiger partial charge is 0.104 e. The Morgan fingerprint density at radius 2 is 1.50 bits per heavy atom. The number of likely N-dealkylation sites (tertiary alicyclic amines) is 1. The molecule has 1 radical (unpaired) electrons. The maximum atomic E-state index is 2.82. The average Bonchev–Trinajstić information content (AvgIpc) is 2.98. The molecule has 0 aromatic heterocycles. The highest BCUT2D eigenvalue weighted by Gasteiger charge is 2.53. The van der Waals surface area contributed by atoms with Crippen LogP contribution in [0.5, 0.6) is 0 Å². The van der Waals surface area contributed by atoms with Crippen LogP contribution in [-0.2, 0) is 0 Å². The van der Waals surface area contributed by atoms with Gasteiger partial charge in [-0.3, -0.25) is 9.80 Å². The minimum atomic E-state index is 0.538. The van der Waals surface area contributed by atoms with Crippen LogP contribution in [0, 0.1) is 17.0 Å². The highest BCUT2D eigenvalue weighted by Crippen LogP contribution is 2.55. The second-order valence-corrected chi connectivity index (χ2v) is 9.26. The normalized spacial score (nSPS) is 47.5. The summed E-state index contributed by atoms with van der Waals surface area (Å²) in [6.45, 7) is 11.2. The Morgan fingerprint density at radius 1 is 0.900 bits per heavy atom. The molecule has 2 atom stereocenters. The third-order valence-electron chi connectivity index (χ3n) is 6.66. The zero-order chi connectivity index (χ0) is 14.1. The molecule has 0 amide bonds. The van der Waals surface area contributed by atoms with E-state index in [9.17, 15) is 0 Å². The van der Waals surface area contributed by atoms with Crippen molar-refractivity contribution in [3.8, 4) is 0 Å². The molecule has 2 nitrogen and oxygen atoms in total. The van der Waals surface area contributed by atoms with Gasteiger partial charge in [-0.05, 0) is 62.7 Å². The summed E-state index contributed by atoms with van der Waals surface area (Å²) < 4.78 is 0. The molecule has 4 aliphatic rings. The van der Waals surface area contributed by atoms with Crippen LogP contribution in [-0.4, -0.2) is 34.5 Å². The van der Waals surface area contributed by atoms with Gasteiger partial charge in [0, 0.05) is 24.7 Å². The maximum absolute atomic E-state index is 2.82. The monoisotopic (exact) mass is 275 g/mol. The Bertz CT molecular complexity index is 384. The van der Waals surface area contributed by atoms with Crippen LogP contribution in [0.15, 0.2) is 0 Å². The highest BCUT2D eigenvalue weighted by atomic mass is 15.4. The number of hydrogen-bond acceptors (Lipinski definition) is 2. The summed E-state index contributed by atoms with van der Waals surface area (Å²) in [7, 11) is 0. The van der Waals surface area contributed by atoms with Crippen molar-refractivity contribution in [2.45, 2.75) is 90.8 Å². The lowest BCUT2D eigenvalue weighted by atomic mass is 9.65. The van der Waals surface area contributed by atoms with E-state index in [1.807, 2.05) is 0 Å². The number of rotatable bonds is 2. The molecular weight excluding hydrogens is 244 g/mol. The minimum Gasteiger partial charge on any atom is -0.279 e. The highest BCUT2D eigenvalue weighted by molar-refractivity contribution is 5.10. The lowest BCUT2D eigenvalue weighted by molar-refractivity contribution is 0.0977. The quantitative estimate of drug-likeness (QED) is 0.751. The van der Waals surface area contributed by atoms with Gasteiger partial charge < -0.3 is 0 Å². The van der Waals surface area contributed by atoms with E-state index in [2.05, 4.69) is 37.5 Å². The van der Waals surface area contributed by atoms with E-state index in [1.165, 1.54) is 51.5 Å². The van der Waals surface area contributed by atoms with Crippen LogP contribution in [0.4, 0.5) is 0 Å². The van der Waals surface area contributed by atoms with E-state index in [0.29, 0.717) is 10.8 Å². The number of hydrogen-bond donors (Lipinski definition) is 0. The van der Waals surface area contributed by atoms with Gasteiger partial charge in [-0.2, -0.15) is 0 Å². The van der Waals surface area contributed by atoms with Crippen molar-refractivity contribution in [3.63, 3.8) is 0 Å². The second kappa shape index (κ2) is 4.23. The van der Waals surface area contributed by atoms with Crippen LogP contribution in [0.2, 0.25) is 0 Å². The summed E-state index contributed by atoms with van der Waals surface area (Å²) in [6, 6.07) is 2.56. The molecule has 2 heteroatoms. The van der Waals surface area contributed by atoms with Gasteiger partial charge in [0.05, 0.1) is 0 Å². The topological polar surface area (TPSA) is 6.48 Å². The predicted octanol–water partition coefficient (Wildman–Crippen LogP) is 4.02. The van der Waals surface area contributed by atoms with Gasteiger partial charge in [-0.1, -0.05) is 20.8 Å². The molecule has 1 aliphatic carbocycles. The fraction of sp³-hybridized carbons (Fsp3) is 0.944. The molecule has 3 heterocycles. The Morgan fingerprint density at radius 3 is 2.10 bits per heavy atom. The molecule has 3 saturated heterocycles. The molecular formula is C18H31N2. The molecule has 113 valence electrons. The Kier molecular flexibility index (Phi) is 2.87. The summed E-state index contributed by atoms with van der Waals surface area (Å²) in [4.78, 5) is 5.63. The van der Waals surface area contributed by atoms with Gasteiger partial charge in [0.1, 0.15) is 6.17 Å². The van der Waals surface area contributed by atoms with E-state index < -0.39 is 0 Å². The van der Waals surface area contributed by atoms with Crippen molar-refractivity contribution in [1.29, 1.82) is 0 Å². The number of fused-ring (bicyclic) bond motifs is 4. The lowest BCUT2D eigenvalue weighted by Gasteiger charge is -2.41.